The molecule has 0 amide bonds. The molecule has 0 bridgehead atoms. The van der Waals surface area contributed by atoms with E-state index in [0.717, 1.165) is 12.3 Å². The van der Waals surface area contributed by atoms with Crippen molar-refractivity contribution in [2.75, 3.05) is 10.6 Å². The third kappa shape index (κ3) is 6.23. The van der Waals surface area contributed by atoms with Gasteiger partial charge in [-0.2, -0.15) is 28.1 Å². The molecule has 0 unspecified atom stereocenters. The molecule has 2 N–H and O–H groups in total. The van der Waals surface area contributed by atoms with Crippen molar-refractivity contribution >= 4 is 17.6 Å². The molecule has 3 aromatic heterocycles. The van der Waals surface area contributed by atoms with Gasteiger partial charge >= 0.3 is 6.18 Å². The van der Waals surface area contributed by atoms with Gasteiger partial charge in [0.1, 0.15) is 5.69 Å². The van der Waals surface area contributed by atoms with Crippen LogP contribution >= 0.6 is 0 Å². The highest BCUT2D eigenvalue weighted by Gasteiger charge is 2.33. The Morgan fingerprint density at radius 1 is 0.903 bits per heavy atom. The average molecular weight is 440 g/mol. The van der Waals surface area contributed by atoms with Crippen LogP contribution < -0.4 is 10.6 Å². The number of aromatic nitrogens is 6. The van der Waals surface area contributed by atoms with Gasteiger partial charge in [-0.3, -0.25) is 4.98 Å². The highest BCUT2D eigenvalue weighted by atomic mass is 19.4. The van der Waals surface area contributed by atoms with E-state index in [1.54, 1.807) is 0 Å². The molecule has 0 aliphatic carbocycles. The van der Waals surface area contributed by atoms with Crippen LogP contribution in [0.1, 0.15) is 25.2 Å². The van der Waals surface area contributed by atoms with Crippen LogP contribution in [0.25, 0.3) is 11.6 Å². The van der Waals surface area contributed by atoms with Gasteiger partial charge in [0.25, 0.3) is 0 Å². The van der Waals surface area contributed by atoms with Crippen LogP contribution in [0.5, 0.6) is 0 Å². The second-order valence-electron chi connectivity index (χ2n) is 6.62. The summed E-state index contributed by atoms with van der Waals surface area (Å²) in [6.45, 7) is 3.63. The fourth-order valence-corrected chi connectivity index (χ4v) is 2.43. The van der Waals surface area contributed by atoms with E-state index in [2.05, 4.69) is 40.5 Å². The Hall–Kier alpha value is -3.51. The van der Waals surface area contributed by atoms with Crippen LogP contribution in [-0.4, -0.2) is 42.4 Å². The lowest BCUT2D eigenvalue weighted by Crippen LogP contribution is -2.15. The van der Waals surface area contributed by atoms with Gasteiger partial charge in [0.15, 0.2) is 5.82 Å². The number of anilines is 3. The molecule has 164 valence electrons. The maximum absolute atomic E-state index is 13.0. The summed E-state index contributed by atoms with van der Waals surface area (Å²) in [7, 11) is 0. The molecular formula is C18H17F5N8. The van der Waals surface area contributed by atoms with Crippen LogP contribution in [0.15, 0.2) is 30.6 Å². The third-order valence-electron chi connectivity index (χ3n) is 3.64. The highest BCUT2D eigenvalue weighted by Crippen LogP contribution is 2.28. The van der Waals surface area contributed by atoms with E-state index in [9.17, 15) is 22.0 Å². The molecule has 3 aromatic rings. The largest absolute Gasteiger partial charge is 0.433 e. The minimum absolute atomic E-state index is 0.0386. The van der Waals surface area contributed by atoms with E-state index in [4.69, 9.17) is 0 Å². The van der Waals surface area contributed by atoms with E-state index < -0.39 is 24.7 Å². The summed E-state index contributed by atoms with van der Waals surface area (Å²) in [6, 6.07) is 3.54. The van der Waals surface area contributed by atoms with E-state index in [1.807, 2.05) is 13.8 Å². The van der Waals surface area contributed by atoms with Crippen LogP contribution in [0.3, 0.4) is 0 Å². The van der Waals surface area contributed by atoms with Crippen molar-refractivity contribution in [3.63, 3.8) is 0 Å². The van der Waals surface area contributed by atoms with Gasteiger partial charge in [-0.1, -0.05) is 0 Å². The Kier molecular flexibility index (Phi) is 6.51. The highest BCUT2D eigenvalue weighted by molar-refractivity contribution is 5.57. The van der Waals surface area contributed by atoms with Gasteiger partial charge in [0.2, 0.25) is 24.1 Å². The van der Waals surface area contributed by atoms with E-state index >= 15 is 0 Å². The standard InChI is InChI=1S/C18H17F5N8/c1-9(2)26-16-29-15(14-25-6-4-12(28-14)18(21,22)23)30-17(31-16)27-10-3-5-24-11(7-10)8-13(19)20/h3-7,9,13H,8H2,1-2H3,(H2,24,26,27,29,30,31). The molecule has 0 fully saturated rings. The van der Waals surface area contributed by atoms with Crippen molar-refractivity contribution in [2.24, 2.45) is 0 Å². The molecule has 0 saturated heterocycles. The van der Waals surface area contributed by atoms with Gasteiger partial charge < -0.3 is 10.6 Å². The second-order valence-corrected chi connectivity index (χ2v) is 6.62. The predicted molar refractivity (Wildman–Crippen MR) is 102 cm³/mol. The minimum atomic E-state index is -4.66. The summed E-state index contributed by atoms with van der Waals surface area (Å²) in [5.74, 6) is -0.512. The SMILES string of the molecule is CC(C)Nc1nc(Nc2ccnc(CC(F)F)c2)nc(-c2nccc(C(F)(F)F)n2)n1. The topological polar surface area (TPSA) is 101 Å². The number of hydrogen-bond acceptors (Lipinski definition) is 8. The molecule has 0 aromatic carbocycles. The molecule has 0 aliphatic heterocycles. The molecule has 13 heteroatoms. The molecule has 8 nitrogen and oxygen atoms in total. The monoisotopic (exact) mass is 440 g/mol. The summed E-state index contributed by atoms with van der Waals surface area (Å²) in [4.78, 5) is 23.5. The lowest BCUT2D eigenvalue weighted by atomic mass is 10.2. The average Bonchev–Trinajstić information content (AvgIpc) is 2.66. The van der Waals surface area contributed by atoms with E-state index in [0.29, 0.717) is 5.69 Å². The third-order valence-corrected chi connectivity index (χ3v) is 3.64. The molecule has 0 saturated carbocycles. The number of pyridine rings is 1. The van der Waals surface area contributed by atoms with Crippen molar-refractivity contribution < 1.29 is 22.0 Å². The first-order chi connectivity index (χ1) is 14.6. The summed E-state index contributed by atoms with van der Waals surface area (Å²) in [5, 5.41) is 5.75. The fraction of sp³-hybridized carbons (Fsp3) is 0.333. The fourth-order valence-electron chi connectivity index (χ4n) is 2.43. The summed E-state index contributed by atoms with van der Waals surface area (Å²) >= 11 is 0. The molecule has 0 aliphatic rings. The Labute approximate surface area is 173 Å². The van der Waals surface area contributed by atoms with Crippen LogP contribution in [0.4, 0.5) is 39.5 Å². The lowest BCUT2D eigenvalue weighted by molar-refractivity contribution is -0.141. The summed E-state index contributed by atoms with van der Waals surface area (Å²) < 4.78 is 64.2. The molecule has 0 spiro atoms. The smallest absolute Gasteiger partial charge is 0.352 e. The van der Waals surface area contributed by atoms with Gasteiger partial charge in [-0.05, 0) is 32.0 Å². The van der Waals surface area contributed by atoms with Crippen LogP contribution in [0.2, 0.25) is 0 Å². The van der Waals surface area contributed by atoms with Crippen molar-refractivity contribution in [1.82, 2.24) is 29.9 Å². The van der Waals surface area contributed by atoms with Crippen molar-refractivity contribution in [3.8, 4) is 11.6 Å². The number of rotatable bonds is 7. The Morgan fingerprint density at radius 3 is 2.29 bits per heavy atom. The molecule has 0 atom stereocenters. The maximum Gasteiger partial charge on any atom is 0.433 e. The Morgan fingerprint density at radius 2 is 1.61 bits per heavy atom. The number of halogens is 5. The number of alkyl halides is 5. The van der Waals surface area contributed by atoms with Gasteiger partial charge in [0.05, 0.1) is 6.42 Å². The molecule has 31 heavy (non-hydrogen) atoms. The number of nitrogens with zero attached hydrogens (tertiary/aromatic N) is 6. The molecule has 0 radical (unpaired) electrons. The van der Waals surface area contributed by atoms with Crippen molar-refractivity contribution in [2.45, 2.75) is 38.9 Å². The molecule has 3 rings (SSSR count). The number of hydrogen-bond donors (Lipinski definition) is 2. The first-order valence-corrected chi connectivity index (χ1v) is 9.03. The minimum Gasteiger partial charge on any atom is -0.352 e. The van der Waals surface area contributed by atoms with E-state index in [1.165, 1.54) is 18.3 Å². The first-order valence-electron chi connectivity index (χ1n) is 9.03. The van der Waals surface area contributed by atoms with Crippen molar-refractivity contribution in [3.05, 3.63) is 42.0 Å². The zero-order chi connectivity index (χ0) is 22.6. The summed E-state index contributed by atoms with van der Waals surface area (Å²) in [6.07, 6.45) is -5.46. The Balaban J connectivity index is 1.98. The summed E-state index contributed by atoms with van der Waals surface area (Å²) in [5.41, 5.74) is -0.629. The number of nitrogens with one attached hydrogen (secondary N) is 2. The van der Waals surface area contributed by atoms with Gasteiger partial charge in [0, 0.05) is 29.8 Å². The van der Waals surface area contributed by atoms with Crippen LogP contribution in [-0.2, 0) is 12.6 Å². The van der Waals surface area contributed by atoms with Gasteiger partial charge in [-0.25, -0.2) is 18.7 Å². The van der Waals surface area contributed by atoms with E-state index in [-0.39, 0.29) is 35.3 Å². The lowest BCUT2D eigenvalue weighted by Gasteiger charge is -2.12. The van der Waals surface area contributed by atoms with Crippen LogP contribution in [0, 0.1) is 0 Å². The Bertz CT molecular complexity index is 1040. The molecular weight excluding hydrogens is 423 g/mol. The second kappa shape index (κ2) is 9.10. The first kappa shape index (κ1) is 22.2. The zero-order valence-corrected chi connectivity index (χ0v) is 16.3. The van der Waals surface area contributed by atoms with Crippen molar-refractivity contribution in [1.29, 1.82) is 0 Å². The van der Waals surface area contributed by atoms with Gasteiger partial charge in [-0.15, -0.1) is 0 Å². The zero-order valence-electron chi connectivity index (χ0n) is 16.3. The predicted octanol–water partition coefficient (Wildman–Crippen LogP) is 4.11. The normalized spacial score (nSPS) is 11.8. The molecule has 3 heterocycles. The quantitative estimate of drug-likeness (QED) is 0.530. The maximum atomic E-state index is 13.0.